The van der Waals surface area contributed by atoms with E-state index < -0.39 is 0 Å². The lowest BCUT2D eigenvalue weighted by Gasteiger charge is -2.02. The summed E-state index contributed by atoms with van der Waals surface area (Å²) in [6, 6.07) is 3.63. The molecule has 0 unspecified atom stereocenters. The molecule has 77 valence electrons. The van der Waals surface area contributed by atoms with Crippen molar-refractivity contribution in [2.45, 2.75) is 12.8 Å². The maximum atomic E-state index is 10.4. The summed E-state index contributed by atoms with van der Waals surface area (Å²) in [4.78, 5) is 3.92. The van der Waals surface area contributed by atoms with Crippen molar-refractivity contribution in [1.29, 1.82) is 0 Å². The number of aryl methyl sites for hydroxylation is 1. The molecule has 2 aromatic rings. The first kappa shape index (κ1) is 9.72. The predicted molar refractivity (Wildman–Crippen MR) is 50.8 cm³/mol. The van der Waals surface area contributed by atoms with Crippen LogP contribution in [0.25, 0.3) is 5.69 Å². The van der Waals surface area contributed by atoms with Gasteiger partial charge in [-0.1, -0.05) is 0 Å². The average Bonchev–Trinajstić information content (AvgIpc) is 2.75. The molecule has 0 aliphatic heterocycles. The Morgan fingerprint density at radius 3 is 2.80 bits per heavy atom. The summed E-state index contributed by atoms with van der Waals surface area (Å²) in [6.07, 6.45) is 4.49. The van der Waals surface area contributed by atoms with Crippen LogP contribution in [0.15, 0.2) is 24.5 Å². The monoisotopic (exact) mass is 204 g/mol. The Morgan fingerprint density at radius 2 is 2.07 bits per heavy atom. The molecule has 0 bridgehead atoms. The third kappa shape index (κ3) is 2.16. The Kier molecular flexibility index (Phi) is 2.99. The minimum atomic E-state index is -0.108. The summed E-state index contributed by atoms with van der Waals surface area (Å²) in [6.45, 7) is -0.108. The lowest BCUT2D eigenvalue weighted by molar-refractivity contribution is 0.188. The Bertz CT molecular complexity index is 413. The SMILES string of the molecule is [O]CCCc1nnnn1-c1ccncc1. The van der Waals surface area contributed by atoms with E-state index in [1.165, 1.54) is 0 Å². The van der Waals surface area contributed by atoms with Crippen LogP contribution in [0.4, 0.5) is 0 Å². The van der Waals surface area contributed by atoms with E-state index >= 15 is 0 Å². The molecule has 0 fully saturated rings. The summed E-state index contributed by atoms with van der Waals surface area (Å²) < 4.78 is 1.62. The Hall–Kier alpha value is -1.82. The highest BCUT2D eigenvalue weighted by molar-refractivity contribution is 5.27. The number of rotatable bonds is 4. The van der Waals surface area contributed by atoms with Gasteiger partial charge < -0.3 is 0 Å². The zero-order valence-corrected chi connectivity index (χ0v) is 8.08. The molecule has 2 heterocycles. The Morgan fingerprint density at radius 1 is 1.27 bits per heavy atom. The zero-order valence-electron chi connectivity index (χ0n) is 8.08. The number of nitrogens with zero attached hydrogens (tertiary/aromatic N) is 5. The van der Waals surface area contributed by atoms with E-state index in [0.717, 1.165) is 5.69 Å². The van der Waals surface area contributed by atoms with Gasteiger partial charge in [0.15, 0.2) is 5.82 Å². The second-order valence-electron chi connectivity index (χ2n) is 3.02. The van der Waals surface area contributed by atoms with E-state index in [9.17, 15) is 5.11 Å². The van der Waals surface area contributed by atoms with Crippen molar-refractivity contribution in [3.05, 3.63) is 30.4 Å². The molecule has 15 heavy (non-hydrogen) atoms. The van der Waals surface area contributed by atoms with E-state index in [1.54, 1.807) is 17.1 Å². The van der Waals surface area contributed by atoms with Gasteiger partial charge in [0.2, 0.25) is 0 Å². The molecule has 0 aliphatic carbocycles. The predicted octanol–water partition coefficient (Wildman–Crippen LogP) is 0.420. The first-order valence-corrected chi connectivity index (χ1v) is 4.67. The van der Waals surface area contributed by atoms with Crippen LogP contribution in [0, 0.1) is 0 Å². The van der Waals surface area contributed by atoms with Crippen molar-refractivity contribution in [2.75, 3.05) is 6.61 Å². The maximum Gasteiger partial charge on any atom is 0.156 e. The minimum Gasteiger partial charge on any atom is -0.265 e. The van der Waals surface area contributed by atoms with Gasteiger partial charge in [0, 0.05) is 18.8 Å². The van der Waals surface area contributed by atoms with Crippen LogP contribution in [0.3, 0.4) is 0 Å². The zero-order chi connectivity index (χ0) is 10.5. The van der Waals surface area contributed by atoms with Gasteiger partial charge in [0.05, 0.1) is 12.3 Å². The maximum absolute atomic E-state index is 10.4. The van der Waals surface area contributed by atoms with Crippen molar-refractivity contribution in [3.8, 4) is 5.69 Å². The van der Waals surface area contributed by atoms with Gasteiger partial charge in [-0.25, -0.2) is 5.11 Å². The van der Waals surface area contributed by atoms with E-state index in [2.05, 4.69) is 20.5 Å². The van der Waals surface area contributed by atoms with E-state index in [-0.39, 0.29) is 6.61 Å². The molecular weight excluding hydrogens is 194 g/mol. The first-order chi connectivity index (χ1) is 7.42. The second kappa shape index (κ2) is 4.61. The largest absolute Gasteiger partial charge is 0.265 e. The number of aromatic nitrogens is 5. The first-order valence-electron chi connectivity index (χ1n) is 4.67. The number of tetrazole rings is 1. The van der Waals surface area contributed by atoms with Crippen LogP contribution >= 0.6 is 0 Å². The van der Waals surface area contributed by atoms with Gasteiger partial charge in [0.1, 0.15) is 0 Å². The molecule has 6 heteroatoms. The van der Waals surface area contributed by atoms with Gasteiger partial charge in [0.25, 0.3) is 0 Å². The molecular formula is C9H10N5O. The lowest BCUT2D eigenvalue weighted by atomic mass is 10.3. The van der Waals surface area contributed by atoms with Crippen LogP contribution < -0.4 is 0 Å². The second-order valence-corrected chi connectivity index (χ2v) is 3.02. The van der Waals surface area contributed by atoms with Gasteiger partial charge in [-0.3, -0.25) is 4.98 Å². The molecule has 6 nitrogen and oxygen atoms in total. The standard InChI is InChI=1S/C9H10N5O/c15-7-1-2-9-11-12-13-14(9)8-3-5-10-6-4-8/h3-6H,1-2,7H2. The van der Waals surface area contributed by atoms with Crippen LogP contribution in [0.5, 0.6) is 0 Å². The van der Waals surface area contributed by atoms with Gasteiger partial charge in [-0.15, -0.1) is 5.10 Å². The number of pyridine rings is 1. The molecule has 1 radical (unpaired) electrons. The topological polar surface area (TPSA) is 76.4 Å². The highest BCUT2D eigenvalue weighted by Crippen LogP contribution is 2.06. The summed E-state index contributed by atoms with van der Waals surface area (Å²) in [7, 11) is 0. The summed E-state index contributed by atoms with van der Waals surface area (Å²) in [5.41, 5.74) is 0.857. The van der Waals surface area contributed by atoms with E-state index in [4.69, 9.17) is 0 Å². The van der Waals surface area contributed by atoms with Crippen LogP contribution in [0.1, 0.15) is 12.2 Å². The lowest BCUT2D eigenvalue weighted by Crippen LogP contribution is -2.04. The molecule has 0 amide bonds. The van der Waals surface area contributed by atoms with Crippen LogP contribution in [0.2, 0.25) is 0 Å². The molecule has 2 rings (SSSR count). The Labute approximate surface area is 86.6 Å². The molecule has 0 atom stereocenters. The number of hydrogen-bond donors (Lipinski definition) is 0. The third-order valence-corrected chi connectivity index (χ3v) is 1.99. The van der Waals surface area contributed by atoms with Crippen molar-refractivity contribution >= 4 is 0 Å². The number of hydrogen-bond acceptors (Lipinski definition) is 4. The molecule has 0 saturated heterocycles. The molecule has 0 spiro atoms. The van der Waals surface area contributed by atoms with Crippen molar-refractivity contribution in [1.82, 2.24) is 25.2 Å². The summed E-state index contributed by atoms with van der Waals surface area (Å²) in [5, 5.41) is 21.7. The molecule has 0 aromatic carbocycles. The summed E-state index contributed by atoms with van der Waals surface area (Å²) in [5.74, 6) is 0.706. The van der Waals surface area contributed by atoms with Crippen molar-refractivity contribution in [3.63, 3.8) is 0 Å². The molecule has 0 N–H and O–H groups in total. The van der Waals surface area contributed by atoms with E-state index in [0.29, 0.717) is 18.7 Å². The highest BCUT2D eigenvalue weighted by Gasteiger charge is 2.06. The van der Waals surface area contributed by atoms with Gasteiger partial charge in [-0.2, -0.15) is 4.68 Å². The van der Waals surface area contributed by atoms with Crippen molar-refractivity contribution < 1.29 is 5.11 Å². The fourth-order valence-electron chi connectivity index (χ4n) is 1.28. The van der Waals surface area contributed by atoms with Crippen molar-refractivity contribution in [2.24, 2.45) is 0 Å². The molecule has 0 aliphatic rings. The molecule has 0 saturated carbocycles. The smallest absolute Gasteiger partial charge is 0.156 e. The van der Waals surface area contributed by atoms with Crippen LogP contribution in [-0.2, 0) is 11.5 Å². The fraction of sp³-hybridized carbons (Fsp3) is 0.333. The van der Waals surface area contributed by atoms with E-state index in [1.807, 2.05) is 12.1 Å². The fourth-order valence-corrected chi connectivity index (χ4v) is 1.28. The summed E-state index contributed by atoms with van der Waals surface area (Å²) >= 11 is 0. The average molecular weight is 204 g/mol. The minimum absolute atomic E-state index is 0.108. The Balaban J connectivity index is 2.25. The quantitative estimate of drug-likeness (QED) is 0.723. The highest BCUT2D eigenvalue weighted by atomic mass is 16.2. The third-order valence-electron chi connectivity index (χ3n) is 1.99. The molecule has 2 aromatic heterocycles. The van der Waals surface area contributed by atoms with Gasteiger partial charge >= 0.3 is 0 Å². The van der Waals surface area contributed by atoms with Gasteiger partial charge in [-0.05, 0) is 29.0 Å². The normalized spacial score (nSPS) is 10.5. The van der Waals surface area contributed by atoms with Crippen LogP contribution in [-0.4, -0.2) is 31.8 Å².